The van der Waals surface area contributed by atoms with E-state index in [1.165, 1.54) is 41.0 Å². The van der Waals surface area contributed by atoms with Gasteiger partial charge in [-0.05, 0) is 56.1 Å². The maximum absolute atomic E-state index is 6.36. The molecule has 2 rings (SSSR count). The Balaban J connectivity index is 2.00. The highest BCUT2D eigenvalue weighted by molar-refractivity contribution is 7.99. The second-order valence-corrected chi connectivity index (χ2v) is 6.54. The molecule has 1 nitrogen and oxygen atoms in total. The van der Waals surface area contributed by atoms with E-state index < -0.39 is 0 Å². The zero-order chi connectivity index (χ0) is 12.3. The van der Waals surface area contributed by atoms with E-state index in [0.29, 0.717) is 0 Å². The summed E-state index contributed by atoms with van der Waals surface area (Å²) in [6.07, 6.45) is 3.86. The van der Waals surface area contributed by atoms with Crippen molar-refractivity contribution in [2.75, 3.05) is 11.5 Å². The Morgan fingerprint density at radius 2 is 1.76 bits per heavy atom. The van der Waals surface area contributed by atoms with Crippen molar-refractivity contribution in [3.8, 4) is 0 Å². The van der Waals surface area contributed by atoms with Gasteiger partial charge in [-0.15, -0.1) is 0 Å². The van der Waals surface area contributed by atoms with Gasteiger partial charge in [0.15, 0.2) is 0 Å². The van der Waals surface area contributed by atoms with Crippen LogP contribution in [0.4, 0.5) is 0 Å². The maximum Gasteiger partial charge on any atom is 0.0297 e. The summed E-state index contributed by atoms with van der Waals surface area (Å²) in [5.41, 5.74) is 10.3. The van der Waals surface area contributed by atoms with E-state index in [1.54, 1.807) is 0 Å². The first kappa shape index (κ1) is 13.0. The number of aryl methyl sites for hydroxylation is 2. The van der Waals surface area contributed by atoms with Crippen LogP contribution in [0.15, 0.2) is 18.2 Å². The molecule has 0 saturated carbocycles. The van der Waals surface area contributed by atoms with Crippen molar-refractivity contribution < 1.29 is 0 Å². The van der Waals surface area contributed by atoms with E-state index in [1.807, 2.05) is 0 Å². The van der Waals surface area contributed by atoms with Crippen molar-refractivity contribution in [1.82, 2.24) is 0 Å². The summed E-state index contributed by atoms with van der Waals surface area (Å²) in [4.78, 5) is 0. The molecule has 0 aliphatic carbocycles. The minimum absolute atomic E-state index is 0.224. The number of hydrogen-bond acceptors (Lipinski definition) is 2. The zero-order valence-corrected chi connectivity index (χ0v) is 11.7. The zero-order valence-electron chi connectivity index (χ0n) is 10.9. The van der Waals surface area contributed by atoms with Crippen LogP contribution in [0.5, 0.6) is 0 Å². The Labute approximate surface area is 109 Å². The summed E-state index contributed by atoms with van der Waals surface area (Å²) in [5, 5.41) is 0. The lowest BCUT2D eigenvalue weighted by Crippen LogP contribution is -2.19. The fourth-order valence-electron chi connectivity index (χ4n) is 2.70. The number of thioether (sulfide) groups is 1. The Bertz CT molecular complexity index is 349. The SMILES string of the molecule is Cc1cc(C)cc(C(N)CC2CCSCC2)c1. The quantitative estimate of drug-likeness (QED) is 0.881. The molecule has 1 atom stereocenters. The van der Waals surface area contributed by atoms with Gasteiger partial charge in [0.2, 0.25) is 0 Å². The van der Waals surface area contributed by atoms with Crippen molar-refractivity contribution in [2.24, 2.45) is 11.7 Å². The highest BCUT2D eigenvalue weighted by atomic mass is 32.2. The fraction of sp³-hybridized carbons (Fsp3) is 0.600. The molecule has 0 aromatic heterocycles. The summed E-state index contributed by atoms with van der Waals surface area (Å²) in [6.45, 7) is 4.31. The van der Waals surface area contributed by atoms with E-state index in [4.69, 9.17) is 5.73 Å². The minimum Gasteiger partial charge on any atom is -0.324 e. The lowest BCUT2D eigenvalue weighted by molar-refractivity contribution is 0.413. The van der Waals surface area contributed by atoms with Gasteiger partial charge in [0, 0.05) is 6.04 Å². The Morgan fingerprint density at radius 1 is 1.18 bits per heavy atom. The van der Waals surface area contributed by atoms with E-state index in [-0.39, 0.29) is 6.04 Å². The van der Waals surface area contributed by atoms with Crippen molar-refractivity contribution in [1.29, 1.82) is 0 Å². The van der Waals surface area contributed by atoms with Crippen molar-refractivity contribution in [3.05, 3.63) is 34.9 Å². The van der Waals surface area contributed by atoms with Gasteiger partial charge in [-0.1, -0.05) is 29.3 Å². The number of nitrogens with two attached hydrogens (primary N) is 1. The van der Waals surface area contributed by atoms with Gasteiger partial charge in [0.05, 0.1) is 0 Å². The Kier molecular flexibility index (Phi) is 4.52. The standard InChI is InChI=1S/C15H23NS/c1-11-7-12(2)9-14(8-11)15(16)10-13-3-5-17-6-4-13/h7-9,13,15H,3-6,10,16H2,1-2H3. The molecule has 2 heteroatoms. The topological polar surface area (TPSA) is 26.0 Å². The highest BCUT2D eigenvalue weighted by Crippen LogP contribution is 2.30. The summed E-state index contributed by atoms with van der Waals surface area (Å²) in [5.74, 6) is 3.49. The molecule has 1 fully saturated rings. The fourth-order valence-corrected chi connectivity index (χ4v) is 3.91. The smallest absolute Gasteiger partial charge is 0.0297 e. The molecule has 0 amide bonds. The van der Waals surface area contributed by atoms with Crippen LogP contribution in [0.2, 0.25) is 0 Å². The van der Waals surface area contributed by atoms with Gasteiger partial charge in [0.1, 0.15) is 0 Å². The van der Waals surface area contributed by atoms with Gasteiger partial charge in [-0.3, -0.25) is 0 Å². The van der Waals surface area contributed by atoms with Crippen LogP contribution >= 0.6 is 11.8 Å². The summed E-state index contributed by atoms with van der Waals surface area (Å²) in [6, 6.07) is 6.93. The molecule has 0 spiro atoms. The molecule has 1 aromatic carbocycles. The first-order valence-electron chi connectivity index (χ1n) is 6.56. The second-order valence-electron chi connectivity index (χ2n) is 5.32. The van der Waals surface area contributed by atoms with Crippen molar-refractivity contribution >= 4 is 11.8 Å². The molecule has 17 heavy (non-hydrogen) atoms. The van der Waals surface area contributed by atoms with Gasteiger partial charge in [0.25, 0.3) is 0 Å². The van der Waals surface area contributed by atoms with Crippen LogP contribution in [0.1, 0.15) is 42.0 Å². The third-order valence-corrected chi connectivity index (χ3v) is 4.65. The molecule has 1 unspecified atom stereocenters. The predicted molar refractivity (Wildman–Crippen MR) is 77.5 cm³/mol. The van der Waals surface area contributed by atoms with E-state index in [2.05, 4.69) is 43.8 Å². The molecule has 2 N–H and O–H groups in total. The number of hydrogen-bond donors (Lipinski definition) is 1. The highest BCUT2D eigenvalue weighted by Gasteiger charge is 2.18. The molecule has 94 valence electrons. The van der Waals surface area contributed by atoms with Crippen LogP contribution in [-0.2, 0) is 0 Å². The van der Waals surface area contributed by atoms with Crippen LogP contribution < -0.4 is 5.73 Å². The molecule has 0 radical (unpaired) electrons. The molecule has 0 bridgehead atoms. The summed E-state index contributed by atoms with van der Waals surface area (Å²) < 4.78 is 0. The molecule has 1 aliphatic rings. The molecule has 1 aromatic rings. The lowest BCUT2D eigenvalue weighted by atomic mass is 9.90. The molecule has 1 aliphatic heterocycles. The molecule has 1 heterocycles. The minimum atomic E-state index is 0.224. The Morgan fingerprint density at radius 3 is 2.35 bits per heavy atom. The summed E-state index contributed by atoms with van der Waals surface area (Å²) >= 11 is 2.09. The van der Waals surface area contributed by atoms with Crippen LogP contribution in [-0.4, -0.2) is 11.5 Å². The second kappa shape index (κ2) is 5.92. The molecular weight excluding hydrogens is 226 g/mol. The van der Waals surface area contributed by atoms with Crippen molar-refractivity contribution in [3.63, 3.8) is 0 Å². The first-order valence-corrected chi connectivity index (χ1v) is 7.72. The van der Waals surface area contributed by atoms with E-state index >= 15 is 0 Å². The molecule has 1 saturated heterocycles. The summed E-state index contributed by atoms with van der Waals surface area (Å²) in [7, 11) is 0. The molecular formula is C15H23NS. The first-order chi connectivity index (χ1) is 8.15. The normalized spacial score (nSPS) is 19.2. The average molecular weight is 249 g/mol. The van der Waals surface area contributed by atoms with Gasteiger partial charge in [-0.25, -0.2) is 0 Å². The van der Waals surface area contributed by atoms with Crippen LogP contribution in [0.25, 0.3) is 0 Å². The van der Waals surface area contributed by atoms with Gasteiger partial charge < -0.3 is 5.73 Å². The van der Waals surface area contributed by atoms with Crippen molar-refractivity contribution in [2.45, 2.75) is 39.2 Å². The lowest BCUT2D eigenvalue weighted by Gasteiger charge is -2.24. The maximum atomic E-state index is 6.36. The third-order valence-electron chi connectivity index (χ3n) is 3.60. The van der Waals surface area contributed by atoms with E-state index in [0.717, 1.165) is 12.3 Å². The number of benzene rings is 1. The van der Waals surface area contributed by atoms with E-state index in [9.17, 15) is 0 Å². The van der Waals surface area contributed by atoms with Crippen LogP contribution in [0, 0.1) is 19.8 Å². The average Bonchev–Trinajstić information content (AvgIpc) is 2.29. The van der Waals surface area contributed by atoms with Crippen LogP contribution in [0.3, 0.4) is 0 Å². The largest absolute Gasteiger partial charge is 0.324 e. The van der Waals surface area contributed by atoms with Gasteiger partial charge >= 0.3 is 0 Å². The van der Waals surface area contributed by atoms with Gasteiger partial charge in [-0.2, -0.15) is 11.8 Å². The predicted octanol–water partition coefficient (Wildman–Crippen LogP) is 3.84. The monoisotopic (exact) mass is 249 g/mol. The number of rotatable bonds is 3. The third kappa shape index (κ3) is 3.75. The Hall–Kier alpha value is -0.470.